The van der Waals surface area contributed by atoms with Gasteiger partial charge in [0.25, 0.3) is 5.91 Å². The van der Waals surface area contributed by atoms with E-state index in [4.69, 9.17) is 29.6 Å². The lowest BCUT2D eigenvalue weighted by atomic mass is 10.2. The third-order valence-electron chi connectivity index (χ3n) is 2.78. The molecule has 0 bridgehead atoms. The van der Waals surface area contributed by atoms with Crippen LogP contribution in [0.5, 0.6) is 0 Å². The standard InChI is InChI=1S/C14H11BrClN3OS/c1-7-4-9(15)12(5-10(7)16)19-14(20)11-3-2-8(6-18-11)13(17)21/h2-6H,1H3,(H2,17,21)(H,19,20). The summed E-state index contributed by atoms with van der Waals surface area (Å²) in [6.45, 7) is 1.88. The topological polar surface area (TPSA) is 68.0 Å². The summed E-state index contributed by atoms with van der Waals surface area (Å²) in [5.74, 6) is -0.342. The van der Waals surface area contributed by atoms with Crippen LogP contribution < -0.4 is 11.1 Å². The predicted molar refractivity (Wildman–Crippen MR) is 92.0 cm³/mol. The Labute approximate surface area is 140 Å². The smallest absolute Gasteiger partial charge is 0.274 e. The Morgan fingerprint density at radius 2 is 2.14 bits per heavy atom. The minimum atomic E-state index is -0.342. The summed E-state index contributed by atoms with van der Waals surface area (Å²) >= 11 is 14.3. The summed E-state index contributed by atoms with van der Waals surface area (Å²) < 4.78 is 0.748. The minimum Gasteiger partial charge on any atom is -0.389 e. The average Bonchev–Trinajstić information content (AvgIpc) is 2.44. The molecular formula is C14H11BrClN3OS. The number of nitrogens with two attached hydrogens (primary N) is 1. The van der Waals surface area contributed by atoms with Crippen LogP contribution >= 0.6 is 39.7 Å². The van der Waals surface area contributed by atoms with Crippen molar-refractivity contribution >= 4 is 56.3 Å². The molecule has 0 radical (unpaired) electrons. The van der Waals surface area contributed by atoms with E-state index in [-0.39, 0.29) is 16.6 Å². The number of thiocarbonyl (C=S) groups is 1. The van der Waals surface area contributed by atoms with E-state index in [1.165, 1.54) is 6.20 Å². The molecule has 1 aromatic carbocycles. The van der Waals surface area contributed by atoms with Crippen molar-refractivity contribution in [2.24, 2.45) is 5.73 Å². The van der Waals surface area contributed by atoms with Gasteiger partial charge in [-0.05, 0) is 52.7 Å². The van der Waals surface area contributed by atoms with E-state index < -0.39 is 0 Å². The lowest BCUT2D eigenvalue weighted by molar-refractivity contribution is 0.102. The molecule has 7 heteroatoms. The van der Waals surface area contributed by atoms with E-state index >= 15 is 0 Å². The summed E-state index contributed by atoms with van der Waals surface area (Å²) in [6, 6.07) is 6.73. The van der Waals surface area contributed by atoms with Crippen molar-refractivity contribution in [2.75, 3.05) is 5.32 Å². The highest BCUT2D eigenvalue weighted by molar-refractivity contribution is 9.10. The highest BCUT2D eigenvalue weighted by Crippen LogP contribution is 2.29. The van der Waals surface area contributed by atoms with Gasteiger partial charge in [0, 0.05) is 21.3 Å². The van der Waals surface area contributed by atoms with Gasteiger partial charge in [-0.1, -0.05) is 23.8 Å². The SMILES string of the molecule is Cc1cc(Br)c(NC(=O)c2ccc(C(N)=S)cn2)cc1Cl. The monoisotopic (exact) mass is 383 g/mol. The number of aryl methyl sites for hydroxylation is 1. The molecule has 1 amide bonds. The van der Waals surface area contributed by atoms with Gasteiger partial charge in [0.2, 0.25) is 0 Å². The van der Waals surface area contributed by atoms with Crippen molar-refractivity contribution in [1.82, 2.24) is 4.98 Å². The molecule has 0 aliphatic carbocycles. The molecule has 0 saturated carbocycles. The van der Waals surface area contributed by atoms with Crippen molar-refractivity contribution in [1.29, 1.82) is 0 Å². The van der Waals surface area contributed by atoms with E-state index in [0.29, 0.717) is 16.3 Å². The Morgan fingerprint density at radius 3 is 2.71 bits per heavy atom. The molecule has 2 rings (SSSR count). The van der Waals surface area contributed by atoms with E-state index in [0.717, 1.165) is 10.0 Å². The van der Waals surface area contributed by atoms with Gasteiger partial charge in [0.1, 0.15) is 10.7 Å². The number of nitrogens with one attached hydrogen (secondary N) is 1. The van der Waals surface area contributed by atoms with E-state index in [1.54, 1.807) is 18.2 Å². The third kappa shape index (κ3) is 3.78. The number of nitrogens with zero attached hydrogens (tertiary/aromatic N) is 1. The molecule has 0 atom stereocenters. The molecule has 2 aromatic rings. The molecule has 21 heavy (non-hydrogen) atoms. The second-order valence-electron chi connectivity index (χ2n) is 4.33. The van der Waals surface area contributed by atoms with Gasteiger partial charge < -0.3 is 11.1 Å². The molecule has 0 aliphatic rings. The minimum absolute atomic E-state index is 0.238. The molecule has 0 unspecified atom stereocenters. The maximum absolute atomic E-state index is 12.1. The van der Waals surface area contributed by atoms with Gasteiger partial charge in [-0.2, -0.15) is 0 Å². The van der Waals surface area contributed by atoms with Crippen LogP contribution in [0.25, 0.3) is 0 Å². The number of pyridine rings is 1. The molecule has 1 heterocycles. The first kappa shape index (κ1) is 15.9. The molecule has 4 nitrogen and oxygen atoms in total. The Kier molecular flexibility index (Phi) is 4.92. The van der Waals surface area contributed by atoms with Crippen LogP contribution in [0.1, 0.15) is 21.6 Å². The number of hydrogen-bond acceptors (Lipinski definition) is 3. The first-order valence-corrected chi connectivity index (χ1v) is 7.49. The summed E-state index contributed by atoms with van der Waals surface area (Å²) in [6.07, 6.45) is 1.47. The number of carbonyl (C=O) groups excluding carboxylic acids is 1. The quantitative estimate of drug-likeness (QED) is 0.792. The van der Waals surface area contributed by atoms with Crippen LogP contribution in [-0.4, -0.2) is 15.9 Å². The summed E-state index contributed by atoms with van der Waals surface area (Å²) in [4.78, 5) is 16.4. The van der Waals surface area contributed by atoms with E-state index in [9.17, 15) is 4.79 Å². The molecule has 1 aromatic heterocycles. The van der Waals surface area contributed by atoms with Crippen LogP contribution in [0, 0.1) is 6.92 Å². The lowest BCUT2D eigenvalue weighted by Gasteiger charge is -2.09. The zero-order chi connectivity index (χ0) is 15.6. The first-order valence-electron chi connectivity index (χ1n) is 5.91. The first-order chi connectivity index (χ1) is 9.88. The fraction of sp³-hybridized carbons (Fsp3) is 0.0714. The van der Waals surface area contributed by atoms with Crippen molar-refractivity contribution in [2.45, 2.75) is 6.92 Å². The third-order valence-corrected chi connectivity index (χ3v) is 4.08. The van der Waals surface area contributed by atoms with Crippen LogP contribution in [0.4, 0.5) is 5.69 Å². The largest absolute Gasteiger partial charge is 0.389 e. The number of carbonyl (C=O) groups is 1. The van der Waals surface area contributed by atoms with Crippen molar-refractivity contribution in [3.63, 3.8) is 0 Å². The van der Waals surface area contributed by atoms with Crippen LogP contribution in [0.3, 0.4) is 0 Å². The Balaban J connectivity index is 2.22. The number of rotatable bonds is 3. The average molecular weight is 385 g/mol. The molecule has 3 N–H and O–H groups in total. The number of aromatic nitrogens is 1. The van der Waals surface area contributed by atoms with Crippen LogP contribution in [-0.2, 0) is 0 Å². The van der Waals surface area contributed by atoms with Gasteiger partial charge in [-0.3, -0.25) is 9.78 Å². The predicted octanol–water partition coefficient (Wildman–Crippen LogP) is 3.69. The number of benzene rings is 1. The number of amides is 1. The van der Waals surface area contributed by atoms with E-state index in [1.807, 2.05) is 13.0 Å². The van der Waals surface area contributed by atoms with Gasteiger partial charge >= 0.3 is 0 Å². The van der Waals surface area contributed by atoms with Crippen LogP contribution in [0.15, 0.2) is 34.9 Å². The lowest BCUT2D eigenvalue weighted by Crippen LogP contribution is -2.15. The zero-order valence-electron chi connectivity index (χ0n) is 11.0. The second-order valence-corrected chi connectivity index (χ2v) is 6.03. The Morgan fingerprint density at radius 1 is 1.43 bits per heavy atom. The summed E-state index contributed by atoms with van der Waals surface area (Å²) in [5, 5.41) is 3.32. The van der Waals surface area contributed by atoms with Crippen molar-refractivity contribution < 1.29 is 4.79 Å². The second kappa shape index (κ2) is 6.51. The Hall–Kier alpha value is -1.50. The Bertz CT molecular complexity index is 719. The van der Waals surface area contributed by atoms with E-state index in [2.05, 4.69) is 26.2 Å². The molecule has 108 valence electrons. The van der Waals surface area contributed by atoms with Crippen molar-refractivity contribution in [3.05, 3.63) is 56.8 Å². The van der Waals surface area contributed by atoms with Crippen LogP contribution in [0.2, 0.25) is 5.02 Å². The number of halogens is 2. The number of hydrogen-bond donors (Lipinski definition) is 2. The molecule has 0 aliphatic heterocycles. The van der Waals surface area contributed by atoms with Gasteiger partial charge in [-0.25, -0.2) is 0 Å². The summed E-state index contributed by atoms with van der Waals surface area (Å²) in [5.41, 5.74) is 7.86. The van der Waals surface area contributed by atoms with Gasteiger partial charge in [0.15, 0.2) is 0 Å². The zero-order valence-corrected chi connectivity index (χ0v) is 14.1. The molecule has 0 saturated heterocycles. The van der Waals surface area contributed by atoms with Gasteiger partial charge in [0.05, 0.1) is 5.69 Å². The molecule has 0 spiro atoms. The molecular weight excluding hydrogens is 374 g/mol. The summed E-state index contributed by atoms with van der Waals surface area (Å²) in [7, 11) is 0. The fourth-order valence-electron chi connectivity index (χ4n) is 1.60. The van der Waals surface area contributed by atoms with Crippen molar-refractivity contribution in [3.8, 4) is 0 Å². The maximum atomic E-state index is 12.1. The normalized spacial score (nSPS) is 10.2. The number of anilines is 1. The fourth-order valence-corrected chi connectivity index (χ4v) is 2.44. The molecule has 0 fully saturated rings. The highest BCUT2D eigenvalue weighted by Gasteiger charge is 2.11. The maximum Gasteiger partial charge on any atom is 0.274 e. The highest BCUT2D eigenvalue weighted by atomic mass is 79.9. The van der Waals surface area contributed by atoms with Gasteiger partial charge in [-0.15, -0.1) is 0 Å².